The maximum atomic E-state index is 13.9. The Bertz CT molecular complexity index is 828. The lowest BCUT2D eigenvalue weighted by Crippen LogP contribution is -2.30. The number of nitrogens with two attached hydrogens (primary N) is 1. The van der Waals surface area contributed by atoms with Gasteiger partial charge in [0.1, 0.15) is 16.5 Å². The molecule has 4 nitrogen and oxygen atoms in total. The molecule has 0 spiro atoms. The zero-order valence-corrected chi connectivity index (χ0v) is 13.7. The van der Waals surface area contributed by atoms with Crippen LogP contribution in [0.15, 0.2) is 53.4 Å². The van der Waals surface area contributed by atoms with Crippen LogP contribution in [0.4, 0.5) is 8.78 Å². The number of halogens is 2. The van der Waals surface area contributed by atoms with Gasteiger partial charge in [-0.1, -0.05) is 30.3 Å². The molecule has 0 amide bonds. The van der Waals surface area contributed by atoms with Gasteiger partial charge in [0.25, 0.3) is 0 Å². The SMILES string of the molecule is NC[C@@H]1CN(S(=O)(=O)c2cc(F)ccc2F)C[C@H]1c1ccccc1. The maximum Gasteiger partial charge on any atom is 0.246 e. The Hall–Kier alpha value is -1.83. The summed E-state index contributed by atoms with van der Waals surface area (Å²) in [6.45, 7) is 0.704. The molecule has 2 N–H and O–H groups in total. The van der Waals surface area contributed by atoms with Gasteiger partial charge in [-0.15, -0.1) is 0 Å². The Balaban J connectivity index is 1.94. The fourth-order valence-corrected chi connectivity index (χ4v) is 4.76. The van der Waals surface area contributed by atoms with Gasteiger partial charge in [-0.3, -0.25) is 0 Å². The molecule has 2 aromatic carbocycles. The van der Waals surface area contributed by atoms with Crippen LogP contribution < -0.4 is 5.73 Å². The second-order valence-corrected chi connectivity index (χ2v) is 7.82. The zero-order valence-electron chi connectivity index (χ0n) is 12.9. The zero-order chi connectivity index (χ0) is 17.3. The van der Waals surface area contributed by atoms with Crippen LogP contribution in [0.3, 0.4) is 0 Å². The van der Waals surface area contributed by atoms with E-state index >= 15 is 0 Å². The molecular formula is C17H18F2N2O2S. The second kappa shape index (κ2) is 6.58. The first-order valence-electron chi connectivity index (χ1n) is 7.63. The van der Waals surface area contributed by atoms with Crippen LogP contribution in [0.1, 0.15) is 11.5 Å². The minimum atomic E-state index is -4.11. The Morgan fingerprint density at radius 1 is 1.08 bits per heavy atom. The molecule has 128 valence electrons. The predicted molar refractivity (Wildman–Crippen MR) is 86.8 cm³/mol. The Morgan fingerprint density at radius 3 is 2.46 bits per heavy atom. The van der Waals surface area contributed by atoms with Crippen molar-refractivity contribution >= 4 is 10.0 Å². The highest BCUT2D eigenvalue weighted by molar-refractivity contribution is 7.89. The van der Waals surface area contributed by atoms with Gasteiger partial charge in [0.15, 0.2) is 0 Å². The number of benzene rings is 2. The van der Waals surface area contributed by atoms with Gasteiger partial charge < -0.3 is 5.73 Å². The summed E-state index contributed by atoms with van der Waals surface area (Å²) in [7, 11) is -4.11. The molecule has 2 atom stereocenters. The molecule has 1 heterocycles. The van der Waals surface area contributed by atoms with E-state index in [0.717, 1.165) is 23.8 Å². The fourth-order valence-electron chi connectivity index (χ4n) is 3.16. The summed E-state index contributed by atoms with van der Waals surface area (Å²) < 4.78 is 53.9. The fraction of sp³-hybridized carbons (Fsp3) is 0.294. The summed E-state index contributed by atoms with van der Waals surface area (Å²) in [6, 6.07) is 11.9. The maximum absolute atomic E-state index is 13.9. The number of nitrogens with zero attached hydrogens (tertiary/aromatic N) is 1. The third kappa shape index (κ3) is 3.07. The van der Waals surface area contributed by atoms with Crippen molar-refractivity contribution in [2.45, 2.75) is 10.8 Å². The second-order valence-electron chi connectivity index (χ2n) is 5.91. The summed E-state index contributed by atoms with van der Waals surface area (Å²) in [5, 5.41) is 0. The average Bonchev–Trinajstić information content (AvgIpc) is 3.03. The van der Waals surface area contributed by atoms with E-state index in [0.29, 0.717) is 6.54 Å². The average molecular weight is 352 g/mol. The van der Waals surface area contributed by atoms with Crippen molar-refractivity contribution < 1.29 is 17.2 Å². The molecule has 3 rings (SSSR count). The highest BCUT2D eigenvalue weighted by Crippen LogP contribution is 2.35. The van der Waals surface area contributed by atoms with Crippen molar-refractivity contribution in [1.29, 1.82) is 0 Å². The molecule has 0 bridgehead atoms. The number of hydrogen-bond donors (Lipinski definition) is 1. The summed E-state index contributed by atoms with van der Waals surface area (Å²) in [6.07, 6.45) is 0. The van der Waals surface area contributed by atoms with Crippen molar-refractivity contribution in [3.8, 4) is 0 Å². The molecule has 1 aliphatic heterocycles. The van der Waals surface area contributed by atoms with E-state index in [9.17, 15) is 17.2 Å². The quantitative estimate of drug-likeness (QED) is 0.919. The van der Waals surface area contributed by atoms with E-state index in [2.05, 4.69) is 0 Å². The van der Waals surface area contributed by atoms with Crippen molar-refractivity contribution in [2.75, 3.05) is 19.6 Å². The lowest BCUT2D eigenvalue weighted by molar-refractivity contribution is 0.452. The summed E-state index contributed by atoms with van der Waals surface area (Å²) in [4.78, 5) is -0.632. The van der Waals surface area contributed by atoms with Crippen LogP contribution in [-0.2, 0) is 10.0 Å². The van der Waals surface area contributed by atoms with Gasteiger partial charge >= 0.3 is 0 Å². The van der Waals surface area contributed by atoms with Crippen LogP contribution in [0.5, 0.6) is 0 Å². The van der Waals surface area contributed by atoms with Crippen LogP contribution >= 0.6 is 0 Å². The van der Waals surface area contributed by atoms with Crippen molar-refractivity contribution in [1.82, 2.24) is 4.31 Å². The van der Waals surface area contributed by atoms with E-state index < -0.39 is 26.6 Å². The highest BCUT2D eigenvalue weighted by Gasteiger charge is 2.40. The van der Waals surface area contributed by atoms with Crippen molar-refractivity contribution in [3.63, 3.8) is 0 Å². The largest absolute Gasteiger partial charge is 0.330 e. The first kappa shape index (κ1) is 17.0. The smallest absolute Gasteiger partial charge is 0.246 e. The standard InChI is InChI=1S/C17H18F2N2O2S/c18-14-6-7-16(19)17(8-14)24(22,23)21-10-13(9-20)15(11-21)12-4-2-1-3-5-12/h1-8,13,15H,9-11,20H2/t13-,15+/m1/s1. The monoisotopic (exact) mass is 352 g/mol. The third-order valence-electron chi connectivity index (χ3n) is 4.45. The van der Waals surface area contributed by atoms with Crippen molar-refractivity contribution in [2.24, 2.45) is 11.7 Å². The van der Waals surface area contributed by atoms with E-state index in [1.807, 2.05) is 30.3 Å². The lowest BCUT2D eigenvalue weighted by Gasteiger charge is -2.17. The topological polar surface area (TPSA) is 63.4 Å². The van der Waals surface area contributed by atoms with Crippen LogP contribution in [-0.4, -0.2) is 32.4 Å². The van der Waals surface area contributed by atoms with Crippen molar-refractivity contribution in [3.05, 3.63) is 65.7 Å². The van der Waals surface area contributed by atoms with Gasteiger partial charge in [0.2, 0.25) is 10.0 Å². The van der Waals surface area contributed by atoms with Crippen LogP contribution in [0, 0.1) is 17.6 Å². The summed E-state index contributed by atoms with van der Waals surface area (Å²) in [5.74, 6) is -1.88. The van der Waals surface area contributed by atoms with Gasteiger partial charge in [-0.05, 0) is 36.2 Å². The van der Waals surface area contributed by atoms with Crippen LogP contribution in [0.25, 0.3) is 0 Å². The summed E-state index contributed by atoms with van der Waals surface area (Å²) >= 11 is 0. The molecule has 0 radical (unpaired) electrons. The first-order chi connectivity index (χ1) is 11.4. The molecule has 0 unspecified atom stereocenters. The van der Waals surface area contributed by atoms with Gasteiger partial charge in [-0.25, -0.2) is 17.2 Å². The molecular weight excluding hydrogens is 334 g/mol. The molecule has 2 aromatic rings. The molecule has 7 heteroatoms. The van der Waals surface area contributed by atoms with E-state index in [1.165, 1.54) is 4.31 Å². The van der Waals surface area contributed by atoms with Gasteiger partial charge in [0.05, 0.1) is 0 Å². The Kier molecular flexibility index (Phi) is 4.67. The first-order valence-corrected chi connectivity index (χ1v) is 9.07. The minimum absolute atomic E-state index is 0.0670. The summed E-state index contributed by atoms with van der Waals surface area (Å²) in [5.41, 5.74) is 6.80. The van der Waals surface area contributed by atoms with Gasteiger partial charge in [0, 0.05) is 19.0 Å². The predicted octanol–water partition coefficient (Wildman–Crippen LogP) is 2.33. The Morgan fingerprint density at radius 2 is 1.79 bits per heavy atom. The Labute approximate surface area is 139 Å². The number of rotatable bonds is 4. The highest BCUT2D eigenvalue weighted by atomic mass is 32.2. The van der Waals surface area contributed by atoms with E-state index in [1.54, 1.807) is 0 Å². The molecule has 0 saturated carbocycles. The molecule has 1 aliphatic rings. The van der Waals surface area contributed by atoms with Gasteiger partial charge in [-0.2, -0.15) is 4.31 Å². The minimum Gasteiger partial charge on any atom is -0.330 e. The third-order valence-corrected chi connectivity index (χ3v) is 6.30. The molecule has 0 aliphatic carbocycles. The molecule has 1 saturated heterocycles. The molecule has 1 fully saturated rings. The normalized spacial score (nSPS) is 22.0. The molecule has 0 aromatic heterocycles. The van der Waals surface area contributed by atoms with Crippen LogP contribution in [0.2, 0.25) is 0 Å². The van der Waals surface area contributed by atoms with E-state index in [4.69, 9.17) is 5.73 Å². The lowest BCUT2D eigenvalue weighted by atomic mass is 9.89. The molecule has 24 heavy (non-hydrogen) atoms. The van der Waals surface area contributed by atoms with E-state index in [-0.39, 0.29) is 24.9 Å². The number of hydrogen-bond acceptors (Lipinski definition) is 3. The number of sulfonamides is 1.